The minimum Gasteiger partial charge on any atom is -0.480 e. The molecular formula is C17H23NO3. The van der Waals surface area contributed by atoms with E-state index in [1.165, 1.54) is 5.56 Å². The number of amides is 1. The lowest BCUT2D eigenvalue weighted by molar-refractivity contribution is -0.141. The fourth-order valence-corrected chi connectivity index (χ4v) is 3.45. The summed E-state index contributed by atoms with van der Waals surface area (Å²) in [4.78, 5) is 14.2. The lowest BCUT2D eigenvalue weighted by atomic mass is 9.99. The van der Waals surface area contributed by atoms with E-state index in [2.05, 4.69) is 0 Å². The Bertz CT molecular complexity index is 523. The van der Waals surface area contributed by atoms with E-state index in [9.17, 15) is 9.90 Å². The molecule has 0 aromatic heterocycles. The lowest BCUT2D eigenvalue weighted by Gasteiger charge is -2.32. The van der Waals surface area contributed by atoms with Crippen LogP contribution >= 0.6 is 0 Å². The number of hydrogen-bond acceptors (Lipinski definition) is 3. The molecule has 0 bridgehead atoms. The van der Waals surface area contributed by atoms with Gasteiger partial charge >= 0.3 is 0 Å². The second kappa shape index (κ2) is 5.68. The van der Waals surface area contributed by atoms with Gasteiger partial charge in [0, 0.05) is 13.6 Å². The van der Waals surface area contributed by atoms with Gasteiger partial charge in [-0.15, -0.1) is 0 Å². The summed E-state index contributed by atoms with van der Waals surface area (Å²) in [5, 5.41) is 10.4. The summed E-state index contributed by atoms with van der Waals surface area (Å²) in [6, 6.07) is 7.88. The van der Waals surface area contributed by atoms with Gasteiger partial charge in [0.25, 0.3) is 5.91 Å². The number of likely N-dealkylation sites (N-methyl/N-ethyl adjacent to an activating group) is 1. The minimum absolute atomic E-state index is 0.0233. The number of carbonyl (C=O) groups excluding carboxylic acids is 1. The summed E-state index contributed by atoms with van der Waals surface area (Å²) < 4.78 is 5.84. The van der Waals surface area contributed by atoms with Crippen molar-refractivity contribution in [2.45, 2.75) is 50.2 Å². The van der Waals surface area contributed by atoms with Gasteiger partial charge < -0.3 is 14.7 Å². The highest BCUT2D eigenvalue weighted by molar-refractivity contribution is 5.81. The van der Waals surface area contributed by atoms with E-state index in [0.717, 1.165) is 37.9 Å². The molecule has 1 amide bonds. The van der Waals surface area contributed by atoms with E-state index in [1.54, 1.807) is 11.9 Å². The van der Waals surface area contributed by atoms with Gasteiger partial charge in [-0.2, -0.15) is 0 Å². The molecular weight excluding hydrogens is 266 g/mol. The Kier molecular flexibility index (Phi) is 3.89. The van der Waals surface area contributed by atoms with Gasteiger partial charge in [0.15, 0.2) is 6.10 Å². The summed E-state index contributed by atoms with van der Waals surface area (Å²) >= 11 is 0. The Morgan fingerprint density at radius 1 is 1.38 bits per heavy atom. The van der Waals surface area contributed by atoms with Crippen molar-refractivity contribution in [3.05, 3.63) is 29.8 Å². The van der Waals surface area contributed by atoms with Crippen molar-refractivity contribution in [2.75, 3.05) is 13.6 Å². The molecule has 1 N–H and O–H groups in total. The van der Waals surface area contributed by atoms with Gasteiger partial charge in [0.05, 0.1) is 5.60 Å². The molecule has 1 atom stereocenters. The first-order valence-corrected chi connectivity index (χ1v) is 7.79. The maximum absolute atomic E-state index is 12.5. The first kappa shape index (κ1) is 14.4. The number of carbonyl (C=O) groups is 1. The molecule has 4 nitrogen and oxygen atoms in total. The molecule has 0 radical (unpaired) electrons. The molecule has 1 aromatic rings. The Morgan fingerprint density at radius 2 is 2.10 bits per heavy atom. The van der Waals surface area contributed by atoms with E-state index in [-0.39, 0.29) is 5.91 Å². The van der Waals surface area contributed by atoms with Crippen LogP contribution in [0.1, 0.15) is 37.7 Å². The van der Waals surface area contributed by atoms with Crippen molar-refractivity contribution < 1.29 is 14.6 Å². The Morgan fingerprint density at radius 3 is 2.86 bits per heavy atom. The molecule has 21 heavy (non-hydrogen) atoms. The number of hydrogen-bond donors (Lipinski definition) is 1. The Hall–Kier alpha value is -1.55. The molecule has 1 fully saturated rings. The molecule has 0 saturated heterocycles. The van der Waals surface area contributed by atoms with Crippen molar-refractivity contribution >= 4 is 5.91 Å². The highest BCUT2D eigenvalue weighted by Gasteiger charge is 2.36. The molecule has 114 valence electrons. The predicted octanol–water partition coefficient (Wildman–Crippen LogP) is 2.14. The van der Waals surface area contributed by atoms with Gasteiger partial charge in [0.2, 0.25) is 0 Å². The smallest absolute Gasteiger partial charge is 0.263 e. The minimum atomic E-state index is -0.697. The van der Waals surface area contributed by atoms with Crippen LogP contribution in [0.5, 0.6) is 5.75 Å². The zero-order chi connectivity index (χ0) is 14.9. The monoisotopic (exact) mass is 289 g/mol. The maximum Gasteiger partial charge on any atom is 0.263 e. The zero-order valence-electron chi connectivity index (χ0n) is 12.5. The van der Waals surface area contributed by atoms with E-state index >= 15 is 0 Å². The highest BCUT2D eigenvalue weighted by atomic mass is 16.5. The summed E-state index contributed by atoms with van der Waals surface area (Å²) in [5.74, 6) is 0.792. The molecule has 4 heteroatoms. The SMILES string of the molecule is CN(CC1(O)CCCC1)C(=O)C1CCc2ccccc2O1. The molecule has 1 aliphatic carbocycles. The van der Waals surface area contributed by atoms with Gasteiger partial charge in [-0.05, 0) is 37.3 Å². The quantitative estimate of drug-likeness (QED) is 0.927. The number of nitrogens with zero attached hydrogens (tertiary/aromatic N) is 1. The number of para-hydroxylation sites is 1. The van der Waals surface area contributed by atoms with Crippen molar-refractivity contribution in [1.29, 1.82) is 0 Å². The van der Waals surface area contributed by atoms with Crippen molar-refractivity contribution in [2.24, 2.45) is 0 Å². The molecule has 3 rings (SSSR count). The number of aryl methyl sites for hydroxylation is 1. The zero-order valence-corrected chi connectivity index (χ0v) is 12.5. The molecule has 1 aliphatic heterocycles. The average molecular weight is 289 g/mol. The maximum atomic E-state index is 12.5. The fourth-order valence-electron chi connectivity index (χ4n) is 3.45. The second-order valence-electron chi connectivity index (χ2n) is 6.38. The van der Waals surface area contributed by atoms with Crippen molar-refractivity contribution in [3.8, 4) is 5.75 Å². The van der Waals surface area contributed by atoms with Crippen LogP contribution in [0.3, 0.4) is 0 Å². The van der Waals surface area contributed by atoms with Crippen LogP contribution in [0.25, 0.3) is 0 Å². The van der Waals surface area contributed by atoms with E-state index in [0.29, 0.717) is 13.0 Å². The molecule has 2 aliphatic rings. The third-order valence-electron chi connectivity index (χ3n) is 4.64. The molecule has 1 aromatic carbocycles. The molecule has 1 saturated carbocycles. The van der Waals surface area contributed by atoms with Crippen LogP contribution in [0, 0.1) is 0 Å². The summed E-state index contributed by atoms with van der Waals surface area (Å²) in [6.07, 6.45) is 4.83. The molecule has 1 unspecified atom stereocenters. The summed E-state index contributed by atoms with van der Waals surface area (Å²) in [6.45, 7) is 0.410. The predicted molar refractivity (Wildman–Crippen MR) is 80.2 cm³/mol. The highest BCUT2D eigenvalue weighted by Crippen LogP contribution is 2.31. The van der Waals surface area contributed by atoms with E-state index in [1.807, 2.05) is 24.3 Å². The van der Waals surface area contributed by atoms with Crippen LogP contribution in [0.2, 0.25) is 0 Å². The first-order chi connectivity index (χ1) is 10.1. The third kappa shape index (κ3) is 3.05. The van der Waals surface area contributed by atoms with Crippen LogP contribution in [0.15, 0.2) is 24.3 Å². The number of aliphatic hydroxyl groups is 1. The lowest BCUT2D eigenvalue weighted by Crippen LogP contribution is -2.47. The molecule has 1 heterocycles. The average Bonchev–Trinajstić information content (AvgIpc) is 2.92. The first-order valence-electron chi connectivity index (χ1n) is 7.79. The van der Waals surface area contributed by atoms with Crippen LogP contribution < -0.4 is 4.74 Å². The van der Waals surface area contributed by atoms with Crippen molar-refractivity contribution in [3.63, 3.8) is 0 Å². The van der Waals surface area contributed by atoms with Gasteiger partial charge in [-0.1, -0.05) is 31.0 Å². The number of benzene rings is 1. The second-order valence-corrected chi connectivity index (χ2v) is 6.38. The molecule has 0 spiro atoms. The standard InChI is InChI=1S/C17H23NO3/c1-18(12-17(20)10-4-5-11-17)16(19)15-9-8-13-6-2-3-7-14(13)21-15/h2-3,6-7,15,20H,4-5,8-12H2,1H3. The van der Waals surface area contributed by atoms with Gasteiger partial charge in [-0.3, -0.25) is 4.79 Å². The van der Waals surface area contributed by atoms with Crippen molar-refractivity contribution in [1.82, 2.24) is 4.90 Å². The van der Waals surface area contributed by atoms with Crippen LogP contribution in [-0.4, -0.2) is 41.2 Å². The third-order valence-corrected chi connectivity index (χ3v) is 4.64. The topological polar surface area (TPSA) is 49.8 Å². The van der Waals surface area contributed by atoms with Gasteiger partial charge in [-0.25, -0.2) is 0 Å². The summed E-state index contributed by atoms with van der Waals surface area (Å²) in [7, 11) is 1.77. The largest absolute Gasteiger partial charge is 0.480 e. The summed E-state index contributed by atoms with van der Waals surface area (Å²) in [5.41, 5.74) is 0.468. The van der Waals surface area contributed by atoms with Crippen LogP contribution in [-0.2, 0) is 11.2 Å². The number of ether oxygens (including phenoxy) is 1. The van der Waals surface area contributed by atoms with E-state index < -0.39 is 11.7 Å². The number of fused-ring (bicyclic) bond motifs is 1. The number of rotatable bonds is 3. The fraction of sp³-hybridized carbons (Fsp3) is 0.588. The normalized spacial score (nSPS) is 23.2. The van der Waals surface area contributed by atoms with E-state index in [4.69, 9.17) is 4.74 Å². The van der Waals surface area contributed by atoms with Crippen LogP contribution in [0.4, 0.5) is 0 Å². The Balaban J connectivity index is 1.63. The Labute approximate surface area is 125 Å². The van der Waals surface area contributed by atoms with Gasteiger partial charge in [0.1, 0.15) is 5.75 Å².